The zero-order chi connectivity index (χ0) is 18.3. The van der Waals surface area contributed by atoms with Crippen LogP contribution in [0.1, 0.15) is 23.1 Å². The van der Waals surface area contributed by atoms with Gasteiger partial charge in [0.1, 0.15) is 0 Å². The molecule has 2 aromatic rings. The monoisotopic (exact) mass is 371 g/mol. The van der Waals surface area contributed by atoms with Crippen molar-refractivity contribution in [1.82, 2.24) is 4.90 Å². The number of nitrogens with zero attached hydrogens (tertiary/aromatic N) is 1. The molecule has 1 aromatic carbocycles. The normalized spacial score (nSPS) is 11.5. The molecule has 0 saturated heterocycles. The number of hydrogen-bond donors (Lipinski definition) is 0. The number of amides is 1. The number of alkyl halides is 3. The maximum absolute atomic E-state index is 12.6. The van der Waals surface area contributed by atoms with Crippen molar-refractivity contribution in [2.24, 2.45) is 0 Å². The van der Waals surface area contributed by atoms with Crippen LogP contribution in [0.2, 0.25) is 0 Å². The fraction of sp³-hybridized carbons (Fsp3) is 0.389. The topological polar surface area (TPSA) is 29.5 Å². The van der Waals surface area contributed by atoms with Gasteiger partial charge >= 0.3 is 6.18 Å². The average Bonchev–Trinajstić information content (AvgIpc) is 3.09. The van der Waals surface area contributed by atoms with E-state index in [4.69, 9.17) is 4.74 Å². The number of carbonyl (C=O) groups is 1. The molecule has 0 aliphatic heterocycles. The quantitative estimate of drug-likeness (QED) is 0.689. The highest BCUT2D eigenvalue weighted by molar-refractivity contribution is 7.07. The van der Waals surface area contributed by atoms with Crippen LogP contribution in [0.4, 0.5) is 13.2 Å². The van der Waals surface area contributed by atoms with Gasteiger partial charge in [-0.1, -0.05) is 12.1 Å². The minimum Gasteiger partial charge on any atom is -0.383 e. The number of halogens is 3. The van der Waals surface area contributed by atoms with Crippen LogP contribution in [0, 0.1) is 0 Å². The zero-order valence-corrected chi connectivity index (χ0v) is 14.7. The summed E-state index contributed by atoms with van der Waals surface area (Å²) in [6.45, 7) is 1.44. The zero-order valence-electron chi connectivity index (χ0n) is 13.9. The first-order chi connectivity index (χ1) is 11.9. The third-order valence-electron chi connectivity index (χ3n) is 3.78. The summed E-state index contributed by atoms with van der Waals surface area (Å²) < 4.78 is 42.8. The molecule has 0 bridgehead atoms. The van der Waals surface area contributed by atoms with Crippen LogP contribution in [0.15, 0.2) is 41.1 Å². The van der Waals surface area contributed by atoms with Crippen LogP contribution in [0.5, 0.6) is 0 Å². The van der Waals surface area contributed by atoms with E-state index in [9.17, 15) is 18.0 Å². The van der Waals surface area contributed by atoms with Crippen molar-refractivity contribution in [2.75, 3.05) is 20.3 Å². The molecule has 3 nitrogen and oxygen atoms in total. The smallest absolute Gasteiger partial charge is 0.383 e. The maximum atomic E-state index is 12.6. The summed E-state index contributed by atoms with van der Waals surface area (Å²) in [5.74, 6) is -0.0388. The molecule has 136 valence electrons. The van der Waals surface area contributed by atoms with Gasteiger partial charge in [-0.25, -0.2) is 0 Å². The van der Waals surface area contributed by atoms with Crippen LogP contribution >= 0.6 is 11.3 Å². The molecule has 0 fully saturated rings. The Balaban J connectivity index is 1.93. The van der Waals surface area contributed by atoms with E-state index in [0.29, 0.717) is 31.7 Å². The average molecular weight is 371 g/mol. The second-order valence-corrected chi connectivity index (χ2v) is 6.41. The van der Waals surface area contributed by atoms with Crippen LogP contribution in [-0.4, -0.2) is 31.1 Å². The third-order valence-corrected chi connectivity index (χ3v) is 4.51. The van der Waals surface area contributed by atoms with Crippen LogP contribution in [0.25, 0.3) is 0 Å². The Morgan fingerprint density at radius 3 is 2.44 bits per heavy atom. The van der Waals surface area contributed by atoms with Gasteiger partial charge in [0, 0.05) is 26.6 Å². The molecule has 1 heterocycles. The second-order valence-electron chi connectivity index (χ2n) is 5.63. The highest BCUT2D eigenvalue weighted by Gasteiger charge is 2.29. The number of benzene rings is 1. The minimum absolute atomic E-state index is 0.0388. The van der Waals surface area contributed by atoms with E-state index in [1.807, 2.05) is 16.8 Å². The first kappa shape index (κ1) is 19.5. The van der Waals surface area contributed by atoms with E-state index < -0.39 is 11.7 Å². The first-order valence-electron chi connectivity index (χ1n) is 7.84. The highest BCUT2D eigenvalue weighted by Crippen LogP contribution is 2.29. The van der Waals surface area contributed by atoms with Gasteiger partial charge in [-0.2, -0.15) is 24.5 Å². The van der Waals surface area contributed by atoms with Crippen molar-refractivity contribution >= 4 is 17.2 Å². The summed E-state index contributed by atoms with van der Waals surface area (Å²) in [4.78, 5) is 14.2. The van der Waals surface area contributed by atoms with Crippen molar-refractivity contribution in [3.8, 4) is 0 Å². The molecule has 0 radical (unpaired) electrons. The summed E-state index contributed by atoms with van der Waals surface area (Å²) in [5, 5.41) is 3.94. The SMILES string of the molecule is COCCN(Cc1ccsc1)C(=O)CCc1ccc(C(F)(F)F)cc1. The predicted octanol–water partition coefficient (Wildman–Crippen LogP) is 4.37. The Kier molecular flexibility index (Phi) is 7.01. The molecule has 0 aliphatic rings. The van der Waals surface area contributed by atoms with E-state index in [0.717, 1.165) is 17.7 Å². The summed E-state index contributed by atoms with van der Waals surface area (Å²) in [5.41, 5.74) is 1.09. The number of thiophene rings is 1. The molecule has 0 unspecified atom stereocenters. The lowest BCUT2D eigenvalue weighted by Gasteiger charge is -2.22. The molecular weight excluding hydrogens is 351 g/mol. The number of methoxy groups -OCH3 is 1. The van der Waals surface area contributed by atoms with E-state index in [-0.39, 0.29) is 12.3 Å². The van der Waals surface area contributed by atoms with E-state index in [1.165, 1.54) is 12.1 Å². The molecule has 2 rings (SSSR count). The molecule has 0 saturated carbocycles. The van der Waals surface area contributed by atoms with E-state index in [2.05, 4.69) is 0 Å². The van der Waals surface area contributed by atoms with Crippen molar-refractivity contribution in [3.05, 3.63) is 57.8 Å². The molecule has 1 aromatic heterocycles. The minimum atomic E-state index is -4.34. The Morgan fingerprint density at radius 2 is 1.88 bits per heavy atom. The molecule has 0 spiro atoms. The largest absolute Gasteiger partial charge is 0.416 e. The van der Waals surface area contributed by atoms with Gasteiger partial charge in [-0.3, -0.25) is 4.79 Å². The summed E-state index contributed by atoms with van der Waals surface area (Å²) in [7, 11) is 1.58. The van der Waals surface area contributed by atoms with Gasteiger partial charge in [0.25, 0.3) is 0 Å². The Hall–Kier alpha value is -1.86. The number of carbonyl (C=O) groups excluding carboxylic acids is 1. The van der Waals surface area contributed by atoms with Gasteiger partial charge < -0.3 is 9.64 Å². The third kappa shape index (κ3) is 6.17. The van der Waals surface area contributed by atoms with Gasteiger partial charge in [0.05, 0.1) is 12.2 Å². The van der Waals surface area contributed by atoms with Crippen molar-refractivity contribution in [3.63, 3.8) is 0 Å². The van der Waals surface area contributed by atoms with Crippen LogP contribution < -0.4 is 0 Å². The maximum Gasteiger partial charge on any atom is 0.416 e. The lowest BCUT2D eigenvalue weighted by molar-refractivity contribution is -0.137. The number of rotatable bonds is 8. The Bertz CT molecular complexity index is 654. The number of ether oxygens (including phenoxy) is 1. The molecule has 0 N–H and O–H groups in total. The van der Waals surface area contributed by atoms with Crippen molar-refractivity contribution in [2.45, 2.75) is 25.6 Å². The fourth-order valence-electron chi connectivity index (χ4n) is 2.37. The van der Waals surface area contributed by atoms with E-state index >= 15 is 0 Å². The van der Waals surface area contributed by atoms with Crippen LogP contribution in [-0.2, 0) is 28.7 Å². The predicted molar refractivity (Wildman–Crippen MR) is 91.4 cm³/mol. The molecular formula is C18H20F3NO2S. The molecule has 0 aliphatic carbocycles. The highest BCUT2D eigenvalue weighted by atomic mass is 32.1. The standard InChI is InChI=1S/C18H20F3NO2S/c1-24-10-9-22(12-15-8-11-25-13-15)17(23)7-4-14-2-5-16(6-3-14)18(19,20)21/h2-3,5-6,8,11,13H,4,7,9-10,12H2,1H3. The van der Waals surface area contributed by atoms with Gasteiger partial charge in [-0.05, 0) is 46.5 Å². The van der Waals surface area contributed by atoms with Crippen molar-refractivity contribution in [1.29, 1.82) is 0 Å². The summed E-state index contributed by atoms with van der Waals surface area (Å²) in [6, 6.07) is 6.91. The molecule has 1 amide bonds. The van der Waals surface area contributed by atoms with Gasteiger partial charge in [-0.15, -0.1) is 0 Å². The number of hydrogen-bond acceptors (Lipinski definition) is 3. The second kappa shape index (κ2) is 9.01. The molecule has 7 heteroatoms. The fourth-order valence-corrected chi connectivity index (χ4v) is 3.03. The van der Waals surface area contributed by atoms with Gasteiger partial charge in [0.15, 0.2) is 0 Å². The van der Waals surface area contributed by atoms with E-state index in [1.54, 1.807) is 23.3 Å². The lowest BCUT2D eigenvalue weighted by Crippen LogP contribution is -2.33. The summed E-state index contributed by atoms with van der Waals surface area (Å²) >= 11 is 1.57. The van der Waals surface area contributed by atoms with Crippen molar-refractivity contribution < 1.29 is 22.7 Å². The summed E-state index contributed by atoms with van der Waals surface area (Å²) in [6.07, 6.45) is -3.69. The first-order valence-corrected chi connectivity index (χ1v) is 8.78. The van der Waals surface area contributed by atoms with Gasteiger partial charge in [0.2, 0.25) is 5.91 Å². The number of aryl methyl sites for hydroxylation is 1. The molecule has 0 atom stereocenters. The Morgan fingerprint density at radius 1 is 1.16 bits per heavy atom. The Labute approximate surface area is 149 Å². The molecule has 25 heavy (non-hydrogen) atoms. The van der Waals surface area contributed by atoms with Crippen LogP contribution in [0.3, 0.4) is 0 Å². The lowest BCUT2D eigenvalue weighted by atomic mass is 10.1.